The summed E-state index contributed by atoms with van der Waals surface area (Å²) in [5, 5.41) is 11.4. The molecule has 0 saturated carbocycles. The van der Waals surface area contributed by atoms with Crippen molar-refractivity contribution in [1.82, 2.24) is 15.7 Å². The van der Waals surface area contributed by atoms with Gasteiger partial charge in [0.05, 0.1) is 0 Å². The Labute approximate surface area is 195 Å². The molecular weight excluding hydrogens is 421 g/mol. The fraction of sp³-hybridized carbons (Fsp3) is 0.462. The molecule has 3 amide bonds. The lowest BCUT2D eigenvalue weighted by molar-refractivity contribution is -0.129. The molecule has 3 N–H and O–H groups in total. The van der Waals surface area contributed by atoms with Crippen molar-refractivity contribution in [2.75, 3.05) is 19.6 Å². The van der Waals surface area contributed by atoms with E-state index in [1.165, 1.54) is 0 Å². The average molecular weight is 456 g/mol. The zero-order valence-corrected chi connectivity index (χ0v) is 19.0. The van der Waals surface area contributed by atoms with Crippen molar-refractivity contribution in [3.05, 3.63) is 71.8 Å². The van der Waals surface area contributed by atoms with Crippen molar-refractivity contribution >= 4 is 11.9 Å². The number of nitrogens with zero attached hydrogens (tertiary/aromatic N) is 1. The van der Waals surface area contributed by atoms with Crippen molar-refractivity contribution in [3.8, 4) is 0 Å². The maximum Gasteiger partial charge on any atom is 0.317 e. The lowest BCUT2D eigenvalue weighted by Crippen LogP contribution is -2.47. The number of hydroxylamine groups is 1. The van der Waals surface area contributed by atoms with Crippen LogP contribution in [0.3, 0.4) is 0 Å². The number of alkyl halides is 1. The summed E-state index contributed by atoms with van der Waals surface area (Å²) in [4.78, 5) is 25.3. The number of unbranched alkanes of at least 4 members (excludes halogenated alkanes) is 3. The summed E-state index contributed by atoms with van der Waals surface area (Å²) in [6.45, 7) is 1.63. The minimum absolute atomic E-state index is 0.100. The maximum atomic E-state index is 16.7. The number of likely N-dealkylation sites (tertiary alicyclic amines) is 1. The summed E-state index contributed by atoms with van der Waals surface area (Å²) in [6, 6.07) is 18.6. The highest BCUT2D eigenvalue weighted by atomic mass is 19.1. The molecule has 1 aliphatic heterocycles. The molecule has 0 aromatic heterocycles. The molecular formula is C26H34FN3O3. The van der Waals surface area contributed by atoms with Crippen LogP contribution in [0.15, 0.2) is 60.7 Å². The van der Waals surface area contributed by atoms with Gasteiger partial charge >= 0.3 is 6.03 Å². The predicted octanol–water partition coefficient (Wildman–Crippen LogP) is 4.78. The highest BCUT2D eigenvalue weighted by Crippen LogP contribution is 2.45. The monoisotopic (exact) mass is 455 g/mol. The Bertz CT molecular complexity index is 831. The van der Waals surface area contributed by atoms with Gasteiger partial charge in [-0.3, -0.25) is 10.0 Å². The van der Waals surface area contributed by atoms with Gasteiger partial charge in [-0.05, 0) is 36.8 Å². The van der Waals surface area contributed by atoms with Gasteiger partial charge in [-0.15, -0.1) is 0 Å². The smallest absolute Gasteiger partial charge is 0.317 e. The zero-order valence-electron chi connectivity index (χ0n) is 19.0. The van der Waals surface area contributed by atoms with E-state index in [0.717, 1.165) is 19.3 Å². The van der Waals surface area contributed by atoms with E-state index < -0.39 is 5.67 Å². The molecule has 0 unspecified atom stereocenters. The van der Waals surface area contributed by atoms with Crippen LogP contribution < -0.4 is 10.8 Å². The number of hydrogen-bond donors (Lipinski definition) is 3. The third kappa shape index (κ3) is 6.54. The van der Waals surface area contributed by atoms with Crippen LogP contribution in [-0.4, -0.2) is 41.7 Å². The first-order chi connectivity index (χ1) is 16.1. The first-order valence-electron chi connectivity index (χ1n) is 11.8. The van der Waals surface area contributed by atoms with Crippen LogP contribution in [0.25, 0.3) is 0 Å². The van der Waals surface area contributed by atoms with Gasteiger partial charge in [-0.25, -0.2) is 14.7 Å². The van der Waals surface area contributed by atoms with Crippen LogP contribution in [0, 0.1) is 5.92 Å². The number of hydrogen-bond acceptors (Lipinski definition) is 3. The first-order valence-corrected chi connectivity index (χ1v) is 11.8. The molecule has 7 heteroatoms. The van der Waals surface area contributed by atoms with Crippen molar-refractivity contribution < 1.29 is 19.2 Å². The van der Waals surface area contributed by atoms with Crippen molar-refractivity contribution in [2.45, 2.75) is 50.6 Å². The summed E-state index contributed by atoms with van der Waals surface area (Å²) >= 11 is 0. The Hall–Kier alpha value is -2.93. The molecule has 2 aromatic rings. The van der Waals surface area contributed by atoms with Crippen LogP contribution >= 0.6 is 0 Å². The Morgan fingerprint density at radius 2 is 1.45 bits per heavy atom. The molecule has 0 atom stereocenters. The van der Waals surface area contributed by atoms with Gasteiger partial charge in [0.15, 0.2) is 5.67 Å². The Morgan fingerprint density at radius 1 is 0.909 bits per heavy atom. The minimum Gasteiger partial charge on any atom is -0.338 e. The number of benzene rings is 2. The molecule has 3 rings (SSSR count). The number of rotatable bonds is 10. The second-order valence-electron chi connectivity index (χ2n) is 8.64. The largest absolute Gasteiger partial charge is 0.338 e. The summed E-state index contributed by atoms with van der Waals surface area (Å²) in [5.41, 5.74) is 1.36. The van der Waals surface area contributed by atoms with E-state index in [4.69, 9.17) is 5.21 Å². The van der Waals surface area contributed by atoms with E-state index in [9.17, 15) is 9.59 Å². The topological polar surface area (TPSA) is 81.7 Å². The lowest BCUT2D eigenvalue weighted by Gasteiger charge is -2.40. The minimum atomic E-state index is -1.59. The zero-order chi connectivity index (χ0) is 23.5. The molecule has 1 heterocycles. The highest BCUT2D eigenvalue weighted by molar-refractivity contribution is 5.74. The number of urea groups is 1. The molecule has 1 fully saturated rings. The maximum absolute atomic E-state index is 16.7. The second-order valence-corrected chi connectivity index (χ2v) is 8.64. The first kappa shape index (κ1) is 24.7. The molecule has 2 aromatic carbocycles. The van der Waals surface area contributed by atoms with E-state index in [-0.39, 0.29) is 17.9 Å². The molecule has 0 spiro atoms. The van der Waals surface area contributed by atoms with Crippen LogP contribution in [0.5, 0.6) is 0 Å². The highest BCUT2D eigenvalue weighted by Gasteiger charge is 2.44. The summed E-state index contributed by atoms with van der Waals surface area (Å²) < 4.78 is 16.7. The van der Waals surface area contributed by atoms with Crippen molar-refractivity contribution in [1.29, 1.82) is 0 Å². The number of piperidine rings is 1. The molecule has 1 aliphatic rings. The fourth-order valence-electron chi connectivity index (χ4n) is 4.61. The molecule has 0 aliphatic carbocycles. The number of carbonyl (C=O) groups is 2. The molecule has 178 valence electrons. The number of amides is 3. The Kier molecular flexibility index (Phi) is 9.24. The summed E-state index contributed by atoms with van der Waals surface area (Å²) in [6.07, 6.45) is 4.81. The fourth-order valence-corrected chi connectivity index (χ4v) is 4.61. The standard InChI is InChI=1S/C26H34FN3O3/c27-26(21-11-5-3-6-12-21,22-13-7-4-8-14-22)23-16-19-30(20-17-23)25(32)28-18-10-2-1-9-15-24(31)29-33/h3-8,11-14,23,33H,1-2,9-10,15-20H2,(H,28,32)(H,29,31). The third-order valence-electron chi connectivity index (χ3n) is 6.46. The van der Waals surface area contributed by atoms with Crippen LogP contribution in [0.2, 0.25) is 0 Å². The van der Waals surface area contributed by atoms with Crippen LogP contribution in [0.1, 0.15) is 56.1 Å². The third-order valence-corrected chi connectivity index (χ3v) is 6.46. The van der Waals surface area contributed by atoms with Gasteiger partial charge in [-0.1, -0.05) is 73.5 Å². The predicted molar refractivity (Wildman–Crippen MR) is 125 cm³/mol. The SMILES string of the molecule is O=C(CCCCCCNC(=O)N1CCC(C(F)(c2ccccc2)c2ccccc2)CC1)NO. The lowest BCUT2D eigenvalue weighted by atomic mass is 9.73. The molecule has 1 saturated heterocycles. The van der Waals surface area contributed by atoms with E-state index in [2.05, 4.69) is 5.32 Å². The van der Waals surface area contributed by atoms with E-state index in [1.807, 2.05) is 60.7 Å². The Balaban J connectivity index is 1.49. The number of nitrogens with one attached hydrogen (secondary N) is 2. The van der Waals surface area contributed by atoms with Crippen molar-refractivity contribution in [3.63, 3.8) is 0 Å². The van der Waals surface area contributed by atoms with Gasteiger partial charge in [0, 0.05) is 32.0 Å². The number of halogens is 1. The normalized spacial score (nSPS) is 14.7. The van der Waals surface area contributed by atoms with E-state index in [1.54, 1.807) is 10.4 Å². The number of carbonyl (C=O) groups excluding carboxylic acids is 2. The van der Waals surface area contributed by atoms with Crippen molar-refractivity contribution in [2.24, 2.45) is 5.92 Å². The molecule has 33 heavy (non-hydrogen) atoms. The Morgan fingerprint density at radius 3 is 2.00 bits per heavy atom. The van der Waals surface area contributed by atoms with Gasteiger partial charge < -0.3 is 10.2 Å². The average Bonchev–Trinajstić information content (AvgIpc) is 2.88. The van der Waals surface area contributed by atoms with Crippen LogP contribution in [0.4, 0.5) is 9.18 Å². The second kappa shape index (κ2) is 12.3. The van der Waals surface area contributed by atoms with Gasteiger partial charge in [0.2, 0.25) is 5.91 Å². The van der Waals surface area contributed by atoms with Gasteiger partial charge in [0.1, 0.15) is 0 Å². The molecule has 0 bridgehead atoms. The van der Waals surface area contributed by atoms with Crippen LogP contribution in [-0.2, 0) is 10.5 Å². The van der Waals surface area contributed by atoms with Gasteiger partial charge in [-0.2, -0.15) is 0 Å². The quantitative estimate of drug-likeness (QED) is 0.274. The molecule has 6 nitrogen and oxygen atoms in total. The van der Waals surface area contributed by atoms with Gasteiger partial charge in [0.25, 0.3) is 0 Å². The molecule has 0 radical (unpaired) electrons. The van der Waals surface area contributed by atoms with E-state index >= 15 is 4.39 Å². The summed E-state index contributed by atoms with van der Waals surface area (Å²) in [5.74, 6) is -0.578. The van der Waals surface area contributed by atoms with E-state index in [0.29, 0.717) is 56.4 Å². The summed E-state index contributed by atoms with van der Waals surface area (Å²) in [7, 11) is 0.